The third-order valence-electron chi connectivity index (χ3n) is 2.90. The lowest BCUT2D eigenvalue weighted by Gasteiger charge is -2.09. The molecule has 2 aromatic rings. The molecule has 0 saturated carbocycles. The van der Waals surface area contributed by atoms with Gasteiger partial charge >= 0.3 is 0 Å². The molecule has 0 saturated heterocycles. The molecule has 1 atom stereocenters. The van der Waals surface area contributed by atoms with E-state index >= 15 is 0 Å². The summed E-state index contributed by atoms with van der Waals surface area (Å²) in [6.07, 6.45) is 6.26. The normalized spacial score (nSPS) is 12.9. The summed E-state index contributed by atoms with van der Waals surface area (Å²) in [5.41, 5.74) is 2.41. The van der Waals surface area contributed by atoms with Gasteiger partial charge in [0, 0.05) is 31.7 Å². The van der Waals surface area contributed by atoms with E-state index < -0.39 is 0 Å². The van der Waals surface area contributed by atoms with Crippen molar-refractivity contribution in [2.45, 2.75) is 26.4 Å². The van der Waals surface area contributed by atoms with Crippen LogP contribution in [0.25, 0.3) is 0 Å². The van der Waals surface area contributed by atoms with E-state index in [4.69, 9.17) is 0 Å². The van der Waals surface area contributed by atoms with E-state index in [0.717, 1.165) is 18.8 Å². The van der Waals surface area contributed by atoms with Gasteiger partial charge in [0.15, 0.2) is 0 Å². The Hall–Kier alpha value is -1.55. The standard InChI is InChI=1S/C13H20N4/c1-4-14-11(2)12-5-8-17(9-12)10-13-6-7-16(3)15-13/h5-9,11,14H,4,10H2,1-3H3. The van der Waals surface area contributed by atoms with Crippen molar-refractivity contribution in [3.05, 3.63) is 42.0 Å². The van der Waals surface area contributed by atoms with Crippen LogP contribution in [0.1, 0.15) is 31.1 Å². The van der Waals surface area contributed by atoms with E-state index in [2.05, 4.69) is 47.3 Å². The number of hydrogen-bond donors (Lipinski definition) is 1. The van der Waals surface area contributed by atoms with Gasteiger partial charge in [0.25, 0.3) is 0 Å². The number of rotatable bonds is 5. The molecule has 0 amide bonds. The number of aryl methyl sites for hydroxylation is 1. The van der Waals surface area contributed by atoms with Crippen molar-refractivity contribution < 1.29 is 0 Å². The molecular formula is C13H20N4. The Balaban J connectivity index is 2.03. The van der Waals surface area contributed by atoms with E-state index in [1.54, 1.807) is 0 Å². The number of hydrogen-bond acceptors (Lipinski definition) is 2. The van der Waals surface area contributed by atoms with Crippen molar-refractivity contribution in [2.24, 2.45) is 7.05 Å². The average molecular weight is 232 g/mol. The Morgan fingerprint density at radius 2 is 2.18 bits per heavy atom. The third-order valence-corrected chi connectivity index (χ3v) is 2.90. The Bertz CT molecular complexity index is 469. The molecule has 2 aromatic heterocycles. The quantitative estimate of drug-likeness (QED) is 0.855. The first-order chi connectivity index (χ1) is 8.19. The minimum Gasteiger partial charge on any atom is -0.348 e. The van der Waals surface area contributed by atoms with Crippen LogP contribution in [0.2, 0.25) is 0 Å². The second-order valence-electron chi connectivity index (χ2n) is 4.38. The molecule has 2 rings (SSSR count). The zero-order valence-corrected chi connectivity index (χ0v) is 10.7. The second kappa shape index (κ2) is 5.19. The van der Waals surface area contributed by atoms with Crippen LogP contribution in [0.5, 0.6) is 0 Å². The highest BCUT2D eigenvalue weighted by Gasteiger charge is 2.06. The molecule has 1 N–H and O–H groups in total. The molecule has 0 aromatic carbocycles. The summed E-state index contributed by atoms with van der Waals surface area (Å²) < 4.78 is 4.01. The van der Waals surface area contributed by atoms with E-state index in [1.165, 1.54) is 5.56 Å². The maximum absolute atomic E-state index is 4.38. The molecular weight excluding hydrogens is 212 g/mol. The maximum Gasteiger partial charge on any atom is 0.0821 e. The van der Waals surface area contributed by atoms with E-state index in [1.807, 2.05) is 24.0 Å². The first kappa shape index (κ1) is 11.9. The number of aromatic nitrogens is 3. The SMILES string of the molecule is CCNC(C)c1ccn(Cc2ccn(C)n2)c1. The fourth-order valence-electron chi connectivity index (χ4n) is 1.97. The summed E-state index contributed by atoms with van der Waals surface area (Å²) in [7, 11) is 1.94. The van der Waals surface area contributed by atoms with Crippen LogP contribution in [0.15, 0.2) is 30.7 Å². The van der Waals surface area contributed by atoms with Crippen LogP contribution >= 0.6 is 0 Å². The van der Waals surface area contributed by atoms with Gasteiger partial charge in [0.05, 0.1) is 12.2 Å². The predicted octanol–water partition coefficient (Wildman–Crippen LogP) is 1.94. The molecule has 0 aliphatic rings. The Morgan fingerprint density at radius 1 is 1.35 bits per heavy atom. The topological polar surface area (TPSA) is 34.8 Å². The monoisotopic (exact) mass is 232 g/mol. The summed E-state index contributed by atoms with van der Waals surface area (Å²) >= 11 is 0. The van der Waals surface area contributed by atoms with Gasteiger partial charge in [-0.15, -0.1) is 0 Å². The maximum atomic E-state index is 4.38. The number of nitrogens with zero attached hydrogens (tertiary/aromatic N) is 3. The van der Waals surface area contributed by atoms with E-state index in [9.17, 15) is 0 Å². The lowest BCUT2D eigenvalue weighted by molar-refractivity contribution is 0.596. The van der Waals surface area contributed by atoms with Crippen molar-refractivity contribution in [1.29, 1.82) is 0 Å². The minimum atomic E-state index is 0.407. The zero-order valence-electron chi connectivity index (χ0n) is 10.7. The molecule has 92 valence electrons. The molecule has 17 heavy (non-hydrogen) atoms. The fourth-order valence-corrected chi connectivity index (χ4v) is 1.97. The Morgan fingerprint density at radius 3 is 2.82 bits per heavy atom. The van der Waals surface area contributed by atoms with Crippen LogP contribution in [0.3, 0.4) is 0 Å². The van der Waals surface area contributed by atoms with Gasteiger partial charge in [-0.1, -0.05) is 6.92 Å². The van der Waals surface area contributed by atoms with Crippen LogP contribution in [0, 0.1) is 0 Å². The highest BCUT2D eigenvalue weighted by atomic mass is 15.3. The fraction of sp³-hybridized carbons (Fsp3) is 0.462. The molecule has 4 nitrogen and oxygen atoms in total. The minimum absolute atomic E-state index is 0.407. The van der Waals surface area contributed by atoms with Crippen molar-refractivity contribution in [3.8, 4) is 0 Å². The summed E-state index contributed by atoms with van der Waals surface area (Å²) in [6, 6.07) is 4.62. The van der Waals surface area contributed by atoms with Gasteiger partial charge in [0.1, 0.15) is 0 Å². The summed E-state index contributed by atoms with van der Waals surface area (Å²) in [4.78, 5) is 0. The van der Waals surface area contributed by atoms with Crippen LogP contribution in [0.4, 0.5) is 0 Å². The van der Waals surface area contributed by atoms with Crippen molar-refractivity contribution in [1.82, 2.24) is 19.7 Å². The summed E-state index contributed by atoms with van der Waals surface area (Å²) in [5, 5.41) is 7.79. The first-order valence-electron chi connectivity index (χ1n) is 6.06. The second-order valence-corrected chi connectivity index (χ2v) is 4.38. The van der Waals surface area contributed by atoms with Gasteiger partial charge in [-0.2, -0.15) is 5.10 Å². The molecule has 4 heteroatoms. The Kier molecular flexibility index (Phi) is 3.64. The molecule has 0 aliphatic heterocycles. The van der Waals surface area contributed by atoms with Crippen LogP contribution < -0.4 is 5.32 Å². The predicted molar refractivity (Wildman–Crippen MR) is 68.8 cm³/mol. The van der Waals surface area contributed by atoms with Crippen LogP contribution in [-0.2, 0) is 13.6 Å². The van der Waals surface area contributed by atoms with E-state index in [-0.39, 0.29) is 0 Å². The van der Waals surface area contributed by atoms with Crippen molar-refractivity contribution in [3.63, 3.8) is 0 Å². The van der Waals surface area contributed by atoms with Gasteiger partial charge in [0.2, 0.25) is 0 Å². The largest absolute Gasteiger partial charge is 0.348 e. The molecule has 0 bridgehead atoms. The van der Waals surface area contributed by atoms with Crippen LogP contribution in [-0.4, -0.2) is 20.9 Å². The highest BCUT2D eigenvalue weighted by molar-refractivity contribution is 5.15. The number of nitrogens with one attached hydrogen (secondary N) is 1. The van der Waals surface area contributed by atoms with E-state index in [0.29, 0.717) is 6.04 Å². The molecule has 0 aliphatic carbocycles. The van der Waals surface area contributed by atoms with Gasteiger partial charge in [-0.25, -0.2) is 0 Å². The summed E-state index contributed by atoms with van der Waals surface area (Å²) in [6.45, 7) is 6.14. The Labute approximate surface area is 102 Å². The van der Waals surface area contributed by atoms with Gasteiger partial charge in [-0.05, 0) is 31.2 Å². The van der Waals surface area contributed by atoms with Crippen molar-refractivity contribution in [2.75, 3.05) is 6.54 Å². The molecule has 0 fully saturated rings. The van der Waals surface area contributed by atoms with Gasteiger partial charge < -0.3 is 9.88 Å². The smallest absolute Gasteiger partial charge is 0.0821 e. The first-order valence-corrected chi connectivity index (χ1v) is 6.06. The molecule has 2 heterocycles. The lowest BCUT2D eigenvalue weighted by atomic mass is 10.2. The lowest BCUT2D eigenvalue weighted by Crippen LogP contribution is -2.17. The van der Waals surface area contributed by atoms with Gasteiger partial charge in [-0.3, -0.25) is 4.68 Å². The molecule has 0 radical (unpaired) electrons. The summed E-state index contributed by atoms with van der Waals surface area (Å²) in [5.74, 6) is 0. The highest BCUT2D eigenvalue weighted by Crippen LogP contribution is 2.13. The van der Waals surface area contributed by atoms with Crippen molar-refractivity contribution >= 4 is 0 Å². The third kappa shape index (κ3) is 2.97. The molecule has 0 spiro atoms. The molecule has 1 unspecified atom stereocenters. The average Bonchev–Trinajstić information content (AvgIpc) is 2.89. The zero-order chi connectivity index (χ0) is 12.3.